The summed E-state index contributed by atoms with van der Waals surface area (Å²) in [6, 6.07) is 8.48. The number of aryl methyl sites for hydroxylation is 1. The predicted molar refractivity (Wildman–Crippen MR) is 85.8 cm³/mol. The molecule has 4 heteroatoms. The minimum Gasteiger partial charge on any atom is -0.392 e. The molecule has 22 heavy (non-hydrogen) atoms. The summed E-state index contributed by atoms with van der Waals surface area (Å²) in [5.74, 6) is 0. The maximum Gasteiger partial charge on any atom is 0.0703 e. The van der Waals surface area contributed by atoms with Gasteiger partial charge in [-0.1, -0.05) is 18.2 Å². The average Bonchev–Trinajstić information content (AvgIpc) is 2.99. The Labute approximate surface area is 129 Å². The van der Waals surface area contributed by atoms with Crippen LogP contribution in [0.15, 0.2) is 24.3 Å². The highest BCUT2D eigenvalue weighted by atomic mass is 16.3. The maximum absolute atomic E-state index is 9.76. The van der Waals surface area contributed by atoms with E-state index in [0.29, 0.717) is 0 Å². The van der Waals surface area contributed by atoms with Crippen molar-refractivity contribution < 1.29 is 10.2 Å². The number of fused-ring (bicyclic) bond motifs is 4. The topological polar surface area (TPSA) is 50.3 Å². The van der Waals surface area contributed by atoms with Gasteiger partial charge in [-0.05, 0) is 18.6 Å². The van der Waals surface area contributed by atoms with E-state index in [1.54, 1.807) is 0 Å². The molecule has 0 saturated carbocycles. The molecule has 0 amide bonds. The second-order valence-corrected chi connectivity index (χ2v) is 6.07. The number of rotatable bonds is 2. The van der Waals surface area contributed by atoms with E-state index in [1.807, 2.05) is 6.92 Å². The fourth-order valence-corrected chi connectivity index (χ4v) is 3.97. The fourth-order valence-electron chi connectivity index (χ4n) is 3.97. The zero-order chi connectivity index (χ0) is 15.4. The molecule has 0 radical (unpaired) electrons. The molecule has 0 aliphatic carbocycles. The van der Waals surface area contributed by atoms with Crippen molar-refractivity contribution in [2.45, 2.75) is 33.1 Å². The van der Waals surface area contributed by atoms with E-state index in [1.165, 1.54) is 22.2 Å². The average molecular weight is 296 g/mol. The lowest BCUT2D eigenvalue weighted by Gasteiger charge is -2.20. The van der Waals surface area contributed by atoms with Crippen LogP contribution in [0.3, 0.4) is 0 Å². The summed E-state index contributed by atoms with van der Waals surface area (Å²) in [6.45, 7) is 2.80. The van der Waals surface area contributed by atoms with Gasteiger partial charge in [0.05, 0.1) is 19.8 Å². The molecule has 0 spiro atoms. The highest BCUT2D eigenvalue weighted by Gasteiger charge is 2.27. The summed E-state index contributed by atoms with van der Waals surface area (Å²) in [6.07, 6.45) is 0.813. The molecule has 0 atom stereocenters. The summed E-state index contributed by atoms with van der Waals surface area (Å²) in [7, 11) is 2.12. The van der Waals surface area contributed by atoms with Crippen LogP contribution in [0.25, 0.3) is 10.9 Å². The predicted octanol–water partition coefficient (Wildman–Crippen LogP) is 2.23. The van der Waals surface area contributed by atoms with Gasteiger partial charge < -0.3 is 19.3 Å². The molecule has 0 fully saturated rings. The van der Waals surface area contributed by atoms with Gasteiger partial charge in [-0.15, -0.1) is 0 Å². The highest BCUT2D eigenvalue weighted by molar-refractivity contribution is 5.86. The Morgan fingerprint density at radius 1 is 1.05 bits per heavy atom. The second kappa shape index (κ2) is 4.73. The van der Waals surface area contributed by atoms with E-state index >= 15 is 0 Å². The molecular weight excluding hydrogens is 276 g/mol. The number of aliphatic hydroxyl groups excluding tert-OH is 2. The van der Waals surface area contributed by atoms with Crippen molar-refractivity contribution in [2.75, 3.05) is 0 Å². The number of para-hydroxylation sites is 1. The smallest absolute Gasteiger partial charge is 0.0703 e. The van der Waals surface area contributed by atoms with Crippen LogP contribution in [0, 0.1) is 6.92 Å². The van der Waals surface area contributed by atoms with Crippen molar-refractivity contribution in [3.05, 3.63) is 58.0 Å². The van der Waals surface area contributed by atoms with E-state index in [9.17, 15) is 10.2 Å². The van der Waals surface area contributed by atoms with Crippen molar-refractivity contribution >= 4 is 10.9 Å². The first kappa shape index (κ1) is 13.6. The first-order valence-electron chi connectivity index (χ1n) is 7.64. The van der Waals surface area contributed by atoms with Crippen LogP contribution in [-0.2, 0) is 33.2 Å². The Hall–Kier alpha value is -2.04. The van der Waals surface area contributed by atoms with Gasteiger partial charge in [0.1, 0.15) is 0 Å². The van der Waals surface area contributed by atoms with Gasteiger partial charge in [-0.2, -0.15) is 0 Å². The van der Waals surface area contributed by atoms with Gasteiger partial charge in [0.15, 0.2) is 0 Å². The number of hydrogen-bond donors (Lipinski definition) is 2. The molecule has 3 aromatic rings. The minimum atomic E-state index is -0.0151. The lowest BCUT2D eigenvalue weighted by Crippen LogP contribution is -2.17. The molecule has 114 valence electrons. The Bertz CT molecular complexity index is 886. The molecule has 4 rings (SSSR count). The Morgan fingerprint density at radius 3 is 2.50 bits per heavy atom. The van der Waals surface area contributed by atoms with Crippen molar-refractivity contribution in [1.82, 2.24) is 9.13 Å². The second-order valence-electron chi connectivity index (χ2n) is 6.07. The van der Waals surface area contributed by atoms with Crippen LogP contribution in [0.4, 0.5) is 0 Å². The molecular formula is C18H20N2O2. The number of benzene rings is 1. The van der Waals surface area contributed by atoms with Gasteiger partial charge in [0, 0.05) is 52.6 Å². The van der Waals surface area contributed by atoms with Crippen LogP contribution < -0.4 is 0 Å². The zero-order valence-electron chi connectivity index (χ0n) is 12.9. The lowest BCUT2D eigenvalue weighted by atomic mass is 9.99. The van der Waals surface area contributed by atoms with Gasteiger partial charge >= 0.3 is 0 Å². The standard InChI is InChI=1S/C18H20N2O2/c1-11-14(9-21)15(10-22)17-7-13-12-5-3-4-6-16(12)19(2)18(13)8-20(11)17/h3-6,21-22H,7-10H2,1-2H3. The third-order valence-corrected chi connectivity index (χ3v) is 5.19. The van der Waals surface area contributed by atoms with Gasteiger partial charge in [0.2, 0.25) is 0 Å². The Morgan fingerprint density at radius 2 is 1.77 bits per heavy atom. The molecule has 0 saturated heterocycles. The van der Waals surface area contributed by atoms with Crippen LogP contribution in [-0.4, -0.2) is 19.3 Å². The zero-order valence-corrected chi connectivity index (χ0v) is 12.9. The van der Waals surface area contributed by atoms with Crippen molar-refractivity contribution in [3.8, 4) is 0 Å². The summed E-state index contributed by atoms with van der Waals surface area (Å²) >= 11 is 0. The van der Waals surface area contributed by atoms with E-state index in [2.05, 4.69) is 40.4 Å². The fraction of sp³-hybridized carbons (Fsp3) is 0.333. The van der Waals surface area contributed by atoms with Crippen LogP contribution in [0.2, 0.25) is 0 Å². The summed E-state index contributed by atoms with van der Waals surface area (Å²) in [5.41, 5.74) is 7.92. The third-order valence-electron chi connectivity index (χ3n) is 5.19. The van der Waals surface area contributed by atoms with Crippen LogP contribution >= 0.6 is 0 Å². The first-order chi connectivity index (χ1) is 10.7. The molecule has 4 nitrogen and oxygen atoms in total. The normalized spacial score (nSPS) is 13.5. The molecule has 0 unspecified atom stereocenters. The first-order valence-corrected chi connectivity index (χ1v) is 7.64. The van der Waals surface area contributed by atoms with E-state index < -0.39 is 0 Å². The Balaban J connectivity index is 1.98. The molecule has 1 aliphatic heterocycles. The van der Waals surface area contributed by atoms with Crippen LogP contribution in [0.1, 0.15) is 33.8 Å². The molecule has 1 aromatic carbocycles. The summed E-state index contributed by atoms with van der Waals surface area (Å²) in [5, 5.41) is 20.7. The van der Waals surface area contributed by atoms with Crippen molar-refractivity contribution in [3.63, 3.8) is 0 Å². The molecule has 0 bridgehead atoms. The van der Waals surface area contributed by atoms with Gasteiger partial charge in [0.25, 0.3) is 0 Å². The summed E-state index contributed by atoms with van der Waals surface area (Å²) < 4.78 is 4.52. The van der Waals surface area contributed by atoms with Crippen LogP contribution in [0.5, 0.6) is 0 Å². The number of nitrogens with zero attached hydrogens (tertiary/aromatic N) is 2. The third kappa shape index (κ3) is 1.59. The van der Waals surface area contributed by atoms with E-state index in [-0.39, 0.29) is 13.2 Å². The quantitative estimate of drug-likeness (QED) is 0.596. The maximum atomic E-state index is 9.76. The van der Waals surface area contributed by atoms with Crippen molar-refractivity contribution in [2.24, 2.45) is 7.05 Å². The molecule has 3 heterocycles. The van der Waals surface area contributed by atoms with E-state index in [0.717, 1.165) is 35.5 Å². The Kier molecular flexibility index (Phi) is 2.93. The largest absolute Gasteiger partial charge is 0.392 e. The molecule has 1 aliphatic rings. The monoisotopic (exact) mass is 296 g/mol. The minimum absolute atomic E-state index is 0.0147. The SMILES string of the molecule is Cc1c(CO)c(CO)c2n1Cc1c(c3ccccc3n1C)C2. The highest BCUT2D eigenvalue weighted by Crippen LogP contribution is 2.36. The van der Waals surface area contributed by atoms with Gasteiger partial charge in [-0.25, -0.2) is 0 Å². The number of aromatic nitrogens is 2. The molecule has 2 aromatic heterocycles. The van der Waals surface area contributed by atoms with E-state index in [4.69, 9.17) is 0 Å². The molecule has 2 N–H and O–H groups in total. The van der Waals surface area contributed by atoms with Crippen molar-refractivity contribution in [1.29, 1.82) is 0 Å². The number of aliphatic hydroxyl groups is 2. The summed E-state index contributed by atoms with van der Waals surface area (Å²) in [4.78, 5) is 0. The van der Waals surface area contributed by atoms with Gasteiger partial charge in [-0.3, -0.25) is 0 Å². The number of hydrogen-bond acceptors (Lipinski definition) is 2. The lowest BCUT2D eigenvalue weighted by molar-refractivity contribution is 0.260.